The molecule has 0 aromatic heterocycles. The molecule has 1 N–H and O–H groups in total. The van der Waals surface area contributed by atoms with Gasteiger partial charge in [-0.25, -0.2) is 0 Å². The van der Waals surface area contributed by atoms with Gasteiger partial charge in [-0.1, -0.05) is 202 Å². The van der Waals surface area contributed by atoms with E-state index < -0.39 is 98.4 Å². The summed E-state index contributed by atoms with van der Waals surface area (Å²) >= 11 is 0. The second-order valence-electron chi connectivity index (χ2n) is 19.9. The summed E-state index contributed by atoms with van der Waals surface area (Å²) in [6.45, 7) is -0.567. The lowest BCUT2D eigenvalue weighted by Gasteiger charge is -2.51. The van der Waals surface area contributed by atoms with Crippen LogP contribution in [0.2, 0.25) is 0 Å². The Morgan fingerprint density at radius 2 is 0.699 bits per heavy atom. The molecule has 2 saturated heterocycles. The maximum atomic E-state index is 11.1. The molecule has 3 aliphatic rings. The Morgan fingerprint density at radius 3 is 1.07 bits per heavy atom. The van der Waals surface area contributed by atoms with Gasteiger partial charge in [-0.15, -0.1) is 0 Å². The van der Waals surface area contributed by atoms with Gasteiger partial charge in [-0.05, 0) is 61.9 Å². The lowest BCUT2D eigenvalue weighted by molar-refractivity contribution is -0.350. The fourth-order valence-corrected chi connectivity index (χ4v) is 10.5. The van der Waals surface area contributed by atoms with E-state index in [1.54, 1.807) is 0 Å². The van der Waals surface area contributed by atoms with Gasteiger partial charge in [0.05, 0.1) is 95.3 Å². The topological polar surface area (TPSA) is 308 Å². The van der Waals surface area contributed by atoms with E-state index in [1.807, 2.05) is 182 Å². The van der Waals surface area contributed by atoms with Gasteiger partial charge >= 0.3 is 0 Å². The number of aliphatic hydroxyl groups excluding tert-OH is 1. The number of hydrogen-bond acceptors (Lipinski definition) is 15. The van der Waals surface area contributed by atoms with Crippen molar-refractivity contribution in [2.45, 2.75) is 138 Å². The summed E-state index contributed by atoms with van der Waals surface area (Å²) in [5, 5.41) is 27.8. The molecule has 9 rings (SSSR count). The molecule has 23 nitrogen and oxygen atoms in total. The molecule has 2 heterocycles. The second-order valence-corrected chi connectivity index (χ2v) is 19.9. The molecule has 1 aliphatic carbocycles. The van der Waals surface area contributed by atoms with Gasteiger partial charge in [0.15, 0.2) is 12.6 Å². The van der Waals surface area contributed by atoms with Crippen LogP contribution in [0.3, 0.4) is 0 Å². The Balaban J connectivity index is 1.13. The number of azide groups is 4. The number of rotatable bonds is 28. The minimum Gasteiger partial charge on any atom is -0.394 e. The predicted molar refractivity (Wildman–Crippen MR) is 302 cm³/mol. The minimum absolute atomic E-state index is 0.00554. The van der Waals surface area contributed by atoms with Crippen molar-refractivity contribution >= 4 is 0 Å². The van der Waals surface area contributed by atoms with Gasteiger partial charge in [-0.2, -0.15) is 0 Å². The molecule has 6 aromatic carbocycles. The number of aliphatic hydroxyl groups is 1. The van der Waals surface area contributed by atoms with Crippen LogP contribution in [-0.2, 0) is 87.0 Å². The van der Waals surface area contributed by atoms with Crippen LogP contribution in [0.1, 0.15) is 39.8 Å². The lowest BCUT2D eigenvalue weighted by Crippen LogP contribution is -2.66. The molecule has 2 aliphatic heterocycles. The van der Waals surface area contributed by atoms with Crippen LogP contribution < -0.4 is 0 Å². The van der Waals surface area contributed by atoms with Crippen molar-refractivity contribution in [3.63, 3.8) is 0 Å². The first-order valence-corrected chi connectivity index (χ1v) is 27.3. The highest BCUT2D eigenvalue weighted by Gasteiger charge is 2.56. The maximum absolute atomic E-state index is 11.1. The summed E-state index contributed by atoms with van der Waals surface area (Å²) in [5.41, 5.74) is 45.4. The Labute approximate surface area is 479 Å². The monoisotopic (exact) mass is 1130 g/mol. The van der Waals surface area contributed by atoms with Crippen LogP contribution in [0.15, 0.2) is 202 Å². The summed E-state index contributed by atoms with van der Waals surface area (Å²) in [5.74, 6) is 0. The molecule has 8 unspecified atom stereocenters. The summed E-state index contributed by atoms with van der Waals surface area (Å²) < 4.78 is 68.6. The van der Waals surface area contributed by atoms with Crippen molar-refractivity contribution in [1.29, 1.82) is 0 Å². The zero-order valence-electron chi connectivity index (χ0n) is 45.2. The molecule has 0 amide bonds. The Morgan fingerprint density at radius 1 is 0.373 bits per heavy atom. The molecule has 15 atom stereocenters. The quantitative estimate of drug-likeness (QED) is 0.0273. The van der Waals surface area contributed by atoms with Crippen molar-refractivity contribution in [3.8, 4) is 0 Å². The highest BCUT2D eigenvalue weighted by atomic mass is 16.7. The van der Waals surface area contributed by atoms with Gasteiger partial charge in [0.25, 0.3) is 0 Å². The number of hydrogen-bond donors (Lipinski definition) is 1. The highest BCUT2D eigenvalue weighted by molar-refractivity contribution is 5.19. The molecule has 23 heteroatoms. The van der Waals surface area contributed by atoms with E-state index in [2.05, 4.69) is 40.1 Å². The van der Waals surface area contributed by atoms with Crippen LogP contribution in [0.5, 0.6) is 0 Å². The van der Waals surface area contributed by atoms with E-state index in [9.17, 15) is 27.2 Å². The Bertz CT molecular complexity index is 3090. The van der Waals surface area contributed by atoms with Crippen LogP contribution in [0, 0.1) is 0 Å². The molecule has 83 heavy (non-hydrogen) atoms. The second kappa shape index (κ2) is 31.5. The zero-order chi connectivity index (χ0) is 57.4. The van der Waals surface area contributed by atoms with E-state index in [0.29, 0.717) is 0 Å². The molecule has 6 aromatic rings. The average Bonchev–Trinajstić information content (AvgIpc) is 3.65. The van der Waals surface area contributed by atoms with Gasteiger partial charge in [0.2, 0.25) is 0 Å². The molecule has 0 radical (unpaired) electrons. The van der Waals surface area contributed by atoms with Gasteiger partial charge in [0, 0.05) is 19.6 Å². The standard InChI is InChI=1S/C60H64N12O11/c61-69-65-32-48-54(75-35-41-21-9-2-10-22-41)57(78-38-44-27-15-5-16-28-44)58(79-39-45-29-17-6-18-30-45)60(80-48)83-52-47(67-71-63)31-46(66-70-62)51(56(52)77-37-43-25-13-4-14-26-43)82-59-55(76-36-42-23-11-3-12-24-42)50(68-72-64)53(49(33-73)81-59)74-34-40-19-7-1-8-20-40/h1-30,46-60,73H,31-39H2/t46-,47+,48-,49?,50+,51?,52-,53?,54-,55?,56?,57?,58?,59?,60-/m1/s1. The average molecular weight is 1130 g/mol. The fourth-order valence-electron chi connectivity index (χ4n) is 10.5. The van der Waals surface area contributed by atoms with Gasteiger partial charge in [0.1, 0.15) is 36.6 Å². The smallest absolute Gasteiger partial charge is 0.187 e. The molecule has 430 valence electrons. The summed E-state index contributed by atoms with van der Waals surface area (Å²) in [6, 6.07) is 53.0. The maximum Gasteiger partial charge on any atom is 0.187 e. The van der Waals surface area contributed by atoms with Crippen LogP contribution in [-0.4, -0.2) is 110 Å². The molecule has 3 fully saturated rings. The van der Waals surface area contributed by atoms with Crippen molar-refractivity contribution in [2.24, 2.45) is 20.5 Å². The van der Waals surface area contributed by atoms with Crippen molar-refractivity contribution < 1.29 is 52.5 Å². The zero-order valence-corrected chi connectivity index (χ0v) is 45.2. The van der Waals surface area contributed by atoms with Crippen LogP contribution in [0.25, 0.3) is 41.8 Å². The van der Waals surface area contributed by atoms with E-state index in [0.717, 1.165) is 33.4 Å². The summed E-state index contributed by atoms with van der Waals surface area (Å²) in [7, 11) is 0. The first-order chi connectivity index (χ1) is 41.0. The lowest BCUT2D eigenvalue weighted by atomic mass is 9.83. The number of nitrogens with zero attached hydrogens (tertiary/aromatic N) is 12. The number of ether oxygens (including phenoxy) is 10. The van der Waals surface area contributed by atoms with Gasteiger partial charge in [-0.3, -0.25) is 0 Å². The van der Waals surface area contributed by atoms with Crippen LogP contribution >= 0.6 is 0 Å². The number of benzene rings is 6. The SMILES string of the molecule is [N-]=[N+]=NC[C@H]1O[C@H](O[C@H]2C(OCc3ccccc3)C(OC3OC(CO)C(OCc4ccccc4)[C@H](N=[N+]=[N-])C3OCc3ccccc3)[C@H](N=[N+]=[N-])C[C@@H]2N=[N+]=[N-])C(OCc2ccccc2)C(OCc2ccccc2)[C@@H]1OCc1ccccc1. The Hall–Kier alpha value is -7.88. The third-order valence-electron chi connectivity index (χ3n) is 14.5. The van der Waals surface area contributed by atoms with E-state index in [-0.39, 0.29) is 52.6 Å². The van der Waals surface area contributed by atoms with Crippen LogP contribution in [0.4, 0.5) is 0 Å². The molecule has 1 saturated carbocycles. The first-order valence-electron chi connectivity index (χ1n) is 27.3. The Kier molecular flexibility index (Phi) is 22.7. The van der Waals surface area contributed by atoms with E-state index >= 15 is 0 Å². The van der Waals surface area contributed by atoms with Gasteiger partial charge < -0.3 is 52.5 Å². The molecular weight excluding hydrogens is 1060 g/mol. The van der Waals surface area contributed by atoms with E-state index in [1.165, 1.54) is 0 Å². The van der Waals surface area contributed by atoms with Crippen molar-refractivity contribution in [3.05, 3.63) is 257 Å². The molecular formula is C60H64N12O11. The minimum atomic E-state index is -1.48. The summed E-state index contributed by atoms with van der Waals surface area (Å²) in [6.07, 6.45) is -14.5. The fraction of sp³-hybridized carbons (Fsp3) is 0.400. The largest absolute Gasteiger partial charge is 0.394 e. The van der Waals surface area contributed by atoms with Crippen molar-refractivity contribution in [1.82, 2.24) is 0 Å². The first kappa shape index (κ1) is 59.7. The third-order valence-corrected chi connectivity index (χ3v) is 14.5. The molecule has 0 spiro atoms. The molecule has 0 bridgehead atoms. The summed E-state index contributed by atoms with van der Waals surface area (Å²) in [4.78, 5) is 12.8. The van der Waals surface area contributed by atoms with Crippen molar-refractivity contribution in [2.75, 3.05) is 13.2 Å². The normalized spacial score (nSPS) is 27.6. The highest BCUT2D eigenvalue weighted by Crippen LogP contribution is 2.40. The third kappa shape index (κ3) is 16.4. The predicted octanol–water partition coefficient (Wildman–Crippen LogP) is 11.5. The van der Waals surface area contributed by atoms with E-state index in [4.69, 9.17) is 47.4 Å².